The van der Waals surface area contributed by atoms with E-state index in [1.54, 1.807) is 4.90 Å². The number of rotatable bonds is 4. The molecular formula is C11H20N2O3. The van der Waals surface area contributed by atoms with Crippen LogP contribution in [-0.4, -0.2) is 60.0 Å². The van der Waals surface area contributed by atoms with E-state index < -0.39 is 5.97 Å². The number of hydrogen-bond donors (Lipinski definition) is 1. The molecule has 1 aliphatic heterocycles. The monoisotopic (exact) mass is 228 g/mol. The number of carboxylic acid groups (broad SMARTS) is 1. The third-order valence-corrected chi connectivity index (χ3v) is 3.14. The van der Waals surface area contributed by atoms with Crippen LogP contribution in [0, 0.1) is 5.92 Å². The van der Waals surface area contributed by atoms with Crippen LogP contribution in [-0.2, 0) is 9.59 Å². The van der Waals surface area contributed by atoms with Crippen molar-refractivity contribution < 1.29 is 14.7 Å². The van der Waals surface area contributed by atoms with Gasteiger partial charge in [0.05, 0.1) is 6.42 Å². The Kier molecular flexibility index (Phi) is 4.29. The normalized spacial score (nSPS) is 25.1. The van der Waals surface area contributed by atoms with Crippen molar-refractivity contribution in [3.63, 3.8) is 0 Å². The van der Waals surface area contributed by atoms with E-state index in [2.05, 4.69) is 11.8 Å². The molecule has 0 aromatic rings. The third-order valence-electron chi connectivity index (χ3n) is 3.14. The Morgan fingerprint density at radius 1 is 1.31 bits per heavy atom. The molecule has 1 heterocycles. The van der Waals surface area contributed by atoms with E-state index >= 15 is 0 Å². The van der Waals surface area contributed by atoms with Gasteiger partial charge in [-0.3, -0.25) is 9.59 Å². The average molecular weight is 228 g/mol. The van der Waals surface area contributed by atoms with Gasteiger partial charge in [0.2, 0.25) is 5.91 Å². The fourth-order valence-electron chi connectivity index (χ4n) is 2.20. The molecule has 0 aromatic carbocycles. The van der Waals surface area contributed by atoms with Crippen molar-refractivity contribution in [2.75, 3.05) is 27.2 Å². The zero-order chi connectivity index (χ0) is 12.3. The lowest BCUT2D eigenvalue weighted by Gasteiger charge is -2.22. The van der Waals surface area contributed by atoms with E-state index in [9.17, 15) is 9.59 Å². The van der Waals surface area contributed by atoms with Crippen molar-refractivity contribution in [1.82, 2.24) is 9.80 Å². The molecule has 1 saturated heterocycles. The van der Waals surface area contributed by atoms with E-state index in [-0.39, 0.29) is 18.7 Å². The SMILES string of the molecule is CC1CN(C(=O)CCC(=O)O)CC1N(C)C. The van der Waals surface area contributed by atoms with Gasteiger partial charge in [0.25, 0.3) is 0 Å². The predicted octanol–water partition coefficient (Wildman–Crippen LogP) is 0.260. The molecule has 0 aliphatic carbocycles. The summed E-state index contributed by atoms with van der Waals surface area (Å²) in [7, 11) is 4.01. The smallest absolute Gasteiger partial charge is 0.303 e. The molecule has 2 atom stereocenters. The molecule has 0 aromatic heterocycles. The molecule has 0 radical (unpaired) electrons. The van der Waals surface area contributed by atoms with E-state index in [4.69, 9.17) is 5.11 Å². The first-order chi connectivity index (χ1) is 7.41. The van der Waals surface area contributed by atoms with Gasteiger partial charge in [-0.1, -0.05) is 6.92 Å². The summed E-state index contributed by atoms with van der Waals surface area (Å²) in [6.45, 7) is 3.57. The minimum Gasteiger partial charge on any atom is -0.481 e. The summed E-state index contributed by atoms with van der Waals surface area (Å²) in [6.07, 6.45) is 0.0402. The topological polar surface area (TPSA) is 60.9 Å². The predicted molar refractivity (Wildman–Crippen MR) is 60.1 cm³/mol. The summed E-state index contributed by atoms with van der Waals surface area (Å²) in [5.41, 5.74) is 0. The quantitative estimate of drug-likeness (QED) is 0.749. The van der Waals surface area contributed by atoms with Crippen molar-refractivity contribution in [3.8, 4) is 0 Å². The van der Waals surface area contributed by atoms with Crippen LogP contribution in [0.25, 0.3) is 0 Å². The zero-order valence-electron chi connectivity index (χ0n) is 10.1. The average Bonchev–Trinajstić information content (AvgIpc) is 2.56. The maximum absolute atomic E-state index is 11.7. The maximum Gasteiger partial charge on any atom is 0.303 e. The molecule has 1 rings (SSSR count). The number of aliphatic carboxylic acids is 1. The van der Waals surface area contributed by atoms with Crippen LogP contribution in [0.5, 0.6) is 0 Å². The Morgan fingerprint density at radius 2 is 1.94 bits per heavy atom. The molecule has 0 saturated carbocycles. The highest BCUT2D eigenvalue weighted by atomic mass is 16.4. The number of carboxylic acids is 1. The fourth-order valence-corrected chi connectivity index (χ4v) is 2.20. The van der Waals surface area contributed by atoms with Crippen molar-refractivity contribution in [2.24, 2.45) is 5.92 Å². The summed E-state index contributed by atoms with van der Waals surface area (Å²) >= 11 is 0. The second-order valence-corrected chi connectivity index (χ2v) is 4.70. The first-order valence-corrected chi connectivity index (χ1v) is 5.57. The van der Waals surface area contributed by atoms with Crippen LogP contribution < -0.4 is 0 Å². The van der Waals surface area contributed by atoms with Crippen LogP contribution in [0.1, 0.15) is 19.8 Å². The summed E-state index contributed by atoms with van der Waals surface area (Å²) in [5.74, 6) is -0.507. The second-order valence-electron chi connectivity index (χ2n) is 4.70. The Balaban J connectivity index is 2.45. The standard InChI is InChI=1S/C11H20N2O3/c1-8-6-13(7-9(8)12(2)3)10(14)4-5-11(15)16/h8-9H,4-7H2,1-3H3,(H,15,16). The second kappa shape index (κ2) is 5.30. The van der Waals surface area contributed by atoms with Gasteiger partial charge in [-0.05, 0) is 20.0 Å². The molecule has 2 unspecified atom stereocenters. The first kappa shape index (κ1) is 13.0. The van der Waals surface area contributed by atoms with Crippen LogP contribution >= 0.6 is 0 Å². The third kappa shape index (κ3) is 3.20. The van der Waals surface area contributed by atoms with Gasteiger partial charge in [0.1, 0.15) is 0 Å². The minimum absolute atomic E-state index is 0.0430. The first-order valence-electron chi connectivity index (χ1n) is 5.57. The molecular weight excluding hydrogens is 208 g/mol. The summed E-state index contributed by atoms with van der Waals surface area (Å²) in [5, 5.41) is 8.52. The van der Waals surface area contributed by atoms with Gasteiger partial charge in [0.15, 0.2) is 0 Å². The molecule has 16 heavy (non-hydrogen) atoms. The van der Waals surface area contributed by atoms with E-state index in [1.165, 1.54) is 0 Å². The van der Waals surface area contributed by atoms with Crippen molar-refractivity contribution in [1.29, 1.82) is 0 Å². The highest BCUT2D eigenvalue weighted by molar-refractivity contribution is 5.81. The molecule has 0 spiro atoms. The van der Waals surface area contributed by atoms with Crippen molar-refractivity contribution in [2.45, 2.75) is 25.8 Å². The Hall–Kier alpha value is -1.10. The van der Waals surface area contributed by atoms with Gasteiger partial charge in [0, 0.05) is 25.6 Å². The number of carbonyl (C=O) groups is 2. The molecule has 0 bridgehead atoms. The summed E-state index contributed by atoms with van der Waals surface area (Å²) in [4.78, 5) is 26.0. The highest BCUT2D eigenvalue weighted by Crippen LogP contribution is 2.20. The maximum atomic E-state index is 11.7. The highest BCUT2D eigenvalue weighted by Gasteiger charge is 2.33. The lowest BCUT2D eigenvalue weighted by Crippen LogP contribution is -2.35. The van der Waals surface area contributed by atoms with Gasteiger partial charge in [-0.15, -0.1) is 0 Å². The van der Waals surface area contributed by atoms with Crippen molar-refractivity contribution >= 4 is 11.9 Å². The van der Waals surface area contributed by atoms with Gasteiger partial charge in [-0.25, -0.2) is 0 Å². The molecule has 1 amide bonds. The molecule has 5 heteroatoms. The van der Waals surface area contributed by atoms with Crippen LogP contribution in [0.2, 0.25) is 0 Å². The lowest BCUT2D eigenvalue weighted by molar-refractivity contribution is -0.140. The zero-order valence-corrected chi connectivity index (χ0v) is 10.1. The Bertz CT molecular complexity index is 278. The summed E-state index contributed by atoms with van der Waals surface area (Å²) in [6, 6.07) is 0.383. The number of likely N-dealkylation sites (tertiary alicyclic amines) is 1. The van der Waals surface area contributed by atoms with Crippen LogP contribution in [0.4, 0.5) is 0 Å². The van der Waals surface area contributed by atoms with Crippen molar-refractivity contribution in [3.05, 3.63) is 0 Å². The number of carbonyl (C=O) groups excluding carboxylic acids is 1. The molecule has 1 aliphatic rings. The fraction of sp³-hybridized carbons (Fsp3) is 0.818. The van der Waals surface area contributed by atoms with E-state index in [1.807, 2.05) is 14.1 Å². The number of likely N-dealkylation sites (N-methyl/N-ethyl adjacent to an activating group) is 1. The molecule has 1 fully saturated rings. The Labute approximate surface area is 96.0 Å². The lowest BCUT2D eigenvalue weighted by atomic mass is 10.1. The minimum atomic E-state index is -0.912. The number of nitrogens with zero attached hydrogens (tertiary/aromatic N) is 2. The largest absolute Gasteiger partial charge is 0.481 e. The molecule has 92 valence electrons. The number of amides is 1. The van der Waals surface area contributed by atoms with Gasteiger partial charge >= 0.3 is 5.97 Å². The summed E-state index contributed by atoms with van der Waals surface area (Å²) < 4.78 is 0. The van der Waals surface area contributed by atoms with Crippen LogP contribution in [0.3, 0.4) is 0 Å². The molecule has 1 N–H and O–H groups in total. The van der Waals surface area contributed by atoms with Gasteiger partial charge in [-0.2, -0.15) is 0 Å². The van der Waals surface area contributed by atoms with Crippen LogP contribution in [0.15, 0.2) is 0 Å². The van der Waals surface area contributed by atoms with E-state index in [0.717, 1.165) is 6.54 Å². The molecule has 5 nitrogen and oxygen atoms in total. The Morgan fingerprint density at radius 3 is 2.38 bits per heavy atom. The number of hydrogen-bond acceptors (Lipinski definition) is 3. The van der Waals surface area contributed by atoms with E-state index in [0.29, 0.717) is 18.5 Å². The van der Waals surface area contributed by atoms with Gasteiger partial charge < -0.3 is 14.9 Å².